The summed E-state index contributed by atoms with van der Waals surface area (Å²) in [6.07, 6.45) is 1.06. The number of thioether (sulfide) groups is 1. The number of hydrogen-bond donors (Lipinski definition) is 0. The number of para-hydroxylation sites is 1. The van der Waals surface area contributed by atoms with Gasteiger partial charge in [-0.15, -0.1) is 0 Å². The number of carbonyl (C=O) groups excluding carboxylic acids is 1. The molecular formula is C22H25NOS. The van der Waals surface area contributed by atoms with Gasteiger partial charge in [-0.2, -0.15) is 11.8 Å². The minimum absolute atomic E-state index is 0.117. The van der Waals surface area contributed by atoms with Crippen LogP contribution in [0, 0.1) is 6.92 Å². The maximum absolute atomic E-state index is 13.2. The van der Waals surface area contributed by atoms with E-state index in [9.17, 15) is 4.79 Å². The molecule has 0 spiro atoms. The van der Waals surface area contributed by atoms with Gasteiger partial charge in [-0.1, -0.05) is 62.4 Å². The summed E-state index contributed by atoms with van der Waals surface area (Å²) in [5.74, 6) is 2.31. The largest absolute Gasteiger partial charge is 0.340 e. The molecule has 0 N–H and O–H groups in total. The highest BCUT2D eigenvalue weighted by atomic mass is 32.2. The first-order valence-electron chi connectivity index (χ1n) is 8.96. The molecule has 0 saturated carbocycles. The van der Waals surface area contributed by atoms with E-state index < -0.39 is 0 Å². The van der Waals surface area contributed by atoms with Crippen molar-refractivity contribution in [3.8, 4) is 0 Å². The lowest BCUT2D eigenvalue weighted by atomic mass is 10.0. The SMILES string of the molecule is CCSCC(CC)n1c(C)c(C(=O)c2ccccc2)c2ccccc21. The van der Waals surface area contributed by atoms with Gasteiger partial charge in [-0.25, -0.2) is 0 Å². The Morgan fingerprint density at radius 3 is 2.40 bits per heavy atom. The molecule has 1 heterocycles. The van der Waals surface area contributed by atoms with E-state index in [1.54, 1.807) is 0 Å². The number of fused-ring (bicyclic) bond motifs is 1. The van der Waals surface area contributed by atoms with Crippen LogP contribution in [-0.2, 0) is 0 Å². The first kappa shape index (κ1) is 17.8. The Morgan fingerprint density at radius 2 is 1.72 bits per heavy atom. The van der Waals surface area contributed by atoms with Gasteiger partial charge in [0, 0.05) is 34.0 Å². The first-order chi connectivity index (χ1) is 12.2. The lowest BCUT2D eigenvalue weighted by Gasteiger charge is -2.20. The Bertz CT molecular complexity index is 866. The third kappa shape index (κ3) is 3.38. The number of aromatic nitrogens is 1. The van der Waals surface area contributed by atoms with Gasteiger partial charge < -0.3 is 4.57 Å². The van der Waals surface area contributed by atoms with Gasteiger partial charge in [0.1, 0.15) is 0 Å². The lowest BCUT2D eigenvalue weighted by Crippen LogP contribution is -2.13. The van der Waals surface area contributed by atoms with Crippen LogP contribution in [0.25, 0.3) is 10.9 Å². The number of ketones is 1. The standard InChI is InChI=1S/C22H25NOS/c1-4-18(15-25-5-2)23-16(3)21(19-13-9-10-14-20(19)23)22(24)17-11-7-6-8-12-17/h6-14,18H,4-5,15H2,1-3H3. The Labute approximate surface area is 154 Å². The monoisotopic (exact) mass is 351 g/mol. The Morgan fingerprint density at radius 1 is 1.04 bits per heavy atom. The van der Waals surface area contributed by atoms with E-state index in [2.05, 4.69) is 43.5 Å². The molecule has 0 aliphatic heterocycles. The van der Waals surface area contributed by atoms with Gasteiger partial charge >= 0.3 is 0 Å². The Balaban J connectivity index is 2.17. The van der Waals surface area contributed by atoms with Crippen LogP contribution in [-0.4, -0.2) is 21.9 Å². The van der Waals surface area contributed by atoms with Crippen molar-refractivity contribution in [1.82, 2.24) is 4.57 Å². The molecule has 3 heteroatoms. The van der Waals surface area contributed by atoms with Gasteiger partial charge in [0.25, 0.3) is 0 Å². The molecule has 1 aromatic heterocycles. The van der Waals surface area contributed by atoms with Crippen LogP contribution in [0.5, 0.6) is 0 Å². The van der Waals surface area contributed by atoms with Crippen molar-refractivity contribution in [1.29, 1.82) is 0 Å². The lowest BCUT2D eigenvalue weighted by molar-refractivity contribution is 0.103. The summed E-state index contributed by atoms with van der Waals surface area (Å²) in [6, 6.07) is 18.3. The number of hydrogen-bond acceptors (Lipinski definition) is 2. The molecule has 2 aromatic carbocycles. The summed E-state index contributed by atoms with van der Waals surface area (Å²) in [5.41, 5.74) is 3.85. The highest BCUT2D eigenvalue weighted by molar-refractivity contribution is 7.99. The Hall–Kier alpha value is -2.00. The van der Waals surface area contributed by atoms with Crippen molar-refractivity contribution < 1.29 is 4.79 Å². The van der Waals surface area contributed by atoms with Gasteiger partial charge in [-0.05, 0) is 25.2 Å². The molecule has 0 saturated heterocycles. The van der Waals surface area contributed by atoms with Crippen LogP contribution in [0.4, 0.5) is 0 Å². The molecule has 0 fully saturated rings. The van der Waals surface area contributed by atoms with E-state index in [1.165, 1.54) is 5.52 Å². The fourth-order valence-corrected chi connectivity index (χ4v) is 4.40. The number of rotatable bonds is 7. The van der Waals surface area contributed by atoms with Crippen LogP contribution in [0.2, 0.25) is 0 Å². The number of carbonyl (C=O) groups is 1. The second-order valence-corrected chi connectivity index (χ2v) is 7.58. The van der Waals surface area contributed by atoms with Gasteiger partial charge in [0.15, 0.2) is 5.78 Å². The minimum atomic E-state index is 0.117. The van der Waals surface area contributed by atoms with E-state index in [0.29, 0.717) is 6.04 Å². The van der Waals surface area contributed by atoms with Gasteiger partial charge in [0.05, 0.1) is 5.56 Å². The molecule has 3 rings (SSSR count). The van der Waals surface area contributed by atoms with E-state index in [1.807, 2.05) is 48.2 Å². The molecule has 2 nitrogen and oxygen atoms in total. The van der Waals surface area contributed by atoms with Crippen LogP contribution in [0.15, 0.2) is 54.6 Å². The third-order valence-corrected chi connectivity index (χ3v) is 5.80. The van der Waals surface area contributed by atoms with Crippen molar-refractivity contribution in [3.05, 3.63) is 71.4 Å². The van der Waals surface area contributed by atoms with Crippen molar-refractivity contribution in [3.63, 3.8) is 0 Å². The summed E-state index contributed by atoms with van der Waals surface area (Å²) in [7, 11) is 0. The predicted octanol–water partition coefficient (Wildman–Crippen LogP) is 5.88. The molecule has 0 bridgehead atoms. The van der Waals surface area contributed by atoms with Crippen LogP contribution >= 0.6 is 11.8 Å². The fraction of sp³-hybridized carbons (Fsp3) is 0.318. The smallest absolute Gasteiger partial charge is 0.195 e. The molecule has 0 amide bonds. The van der Waals surface area contributed by atoms with Crippen LogP contribution < -0.4 is 0 Å². The van der Waals surface area contributed by atoms with Crippen molar-refractivity contribution >= 4 is 28.4 Å². The summed E-state index contributed by atoms with van der Waals surface area (Å²) < 4.78 is 2.38. The number of benzene rings is 2. The average molecular weight is 352 g/mol. The first-order valence-corrected chi connectivity index (χ1v) is 10.1. The molecular weight excluding hydrogens is 326 g/mol. The van der Waals surface area contributed by atoms with Crippen LogP contribution in [0.3, 0.4) is 0 Å². The fourth-order valence-electron chi connectivity index (χ4n) is 3.51. The maximum atomic E-state index is 13.2. The average Bonchev–Trinajstić information content (AvgIpc) is 2.95. The summed E-state index contributed by atoms with van der Waals surface area (Å²) in [6.45, 7) is 6.52. The second kappa shape index (κ2) is 7.92. The highest BCUT2D eigenvalue weighted by Crippen LogP contribution is 2.33. The minimum Gasteiger partial charge on any atom is -0.340 e. The zero-order valence-electron chi connectivity index (χ0n) is 15.2. The topological polar surface area (TPSA) is 22.0 Å². The van der Waals surface area contributed by atoms with Gasteiger partial charge in [-0.3, -0.25) is 4.79 Å². The summed E-state index contributed by atoms with van der Waals surface area (Å²) >= 11 is 1.96. The third-order valence-electron chi connectivity index (χ3n) is 4.77. The van der Waals surface area contributed by atoms with E-state index in [0.717, 1.165) is 40.1 Å². The zero-order chi connectivity index (χ0) is 17.8. The van der Waals surface area contributed by atoms with Crippen molar-refractivity contribution in [2.45, 2.75) is 33.2 Å². The van der Waals surface area contributed by atoms with Gasteiger partial charge in [0.2, 0.25) is 0 Å². The second-order valence-electron chi connectivity index (χ2n) is 6.26. The van der Waals surface area contributed by atoms with Crippen molar-refractivity contribution in [2.75, 3.05) is 11.5 Å². The quantitative estimate of drug-likeness (QED) is 0.495. The molecule has 0 radical (unpaired) electrons. The molecule has 1 atom stereocenters. The molecule has 130 valence electrons. The normalized spacial score (nSPS) is 12.4. The zero-order valence-corrected chi connectivity index (χ0v) is 16.0. The van der Waals surface area contributed by atoms with E-state index >= 15 is 0 Å². The Kier molecular flexibility index (Phi) is 5.64. The summed E-state index contributed by atoms with van der Waals surface area (Å²) in [5, 5.41) is 1.06. The molecule has 0 aliphatic rings. The number of nitrogens with zero attached hydrogens (tertiary/aromatic N) is 1. The molecule has 1 unspecified atom stereocenters. The van der Waals surface area contributed by atoms with Crippen LogP contribution in [0.1, 0.15) is 47.9 Å². The summed E-state index contributed by atoms with van der Waals surface area (Å²) in [4.78, 5) is 13.2. The van der Waals surface area contributed by atoms with Crippen molar-refractivity contribution in [2.24, 2.45) is 0 Å². The molecule has 3 aromatic rings. The van der Waals surface area contributed by atoms with E-state index in [4.69, 9.17) is 0 Å². The highest BCUT2D eigenvalue weighted by Gasteiger charge is 2.23. The van der Waals surface area contributed by atoms with E-state index in [-0.39, 0.29) is 5.78 Å². The maximum Gasteiger partial charge on any atom is 0.195 e. The predicted molar refractivity (Wildman–Crippen MR) is 109 cm³/mol. The molecule has 25 heavy (non-hydrogen) atoms. The molecule has 0 aliphatic carbocycles.